The van der Waals surface area contributed by atoms with E-state index in [-0.39, 0.29) is 5.56 Å². The smallest absolute Gasteiger partial charge is 0.260 e. The number of pyridine rings is 1. The fourth-order valence-electron chi connectivity index (χ4n) is 3.12. The number of fused-ring (bicyclic) bond motifs is 1. The number of benzene rings is 1. The second-order valence-electron chi connectivity index (χ2n) is 6.34. The predicted molar refractivity (Wildman–Crippen MR) is 105 cm³/mol. The first kappa shape index (κ1) is 16.7. The zero-order valence-electron chi connectivity index (χ0n) is 14.6. The van der Waals surface area contributed by atoms with E-state index in [1.807, 2.05) is 52.7 Å². The van der Waals surface area contributed by atoms with Gasteiger partial charge in [0.05, 0.1) is 5.39 Å². The summed E-state index contributed by atoms with van der Waals surface area (Å²) < 4.78 is 2.04. The van der Waals surface area contributed by atoms with Crippen LogP contribution in [0.3, 0.4) is 0 Å². The highest BCUT2D eigenvalue weighted by Crippen LogP contribution is 2.30. The Bertz CT molecular complexity index is 1080. The molecule has 4 rings (SSSR count). The second-order valence-corrected chi connectivity index (χ2v) is 7.20. The Labute approximate surface area is 155 Å². The van der Waals surface area contributed by atoms with Gasteiger partial charge >= 0.3 is 0 Å². The van der Waals surface area contributed by atoms with Crippen LogP contribution in [0, 0.1) is 0 Å². The molecule has 0 aliphatic heterocycles. The molecule has 0 spiro atoms. The average molecular weight is 362 g/mol. The Kier molecular flexibility index (Phi) is 4.63. The van der Waals surface area contributed by atoms with Crippen LogP contribution in [0.25, 0.3) is 21.3 Å². The maximum atomic E-state index is 12.7. The Balaban J connectivity index is 1.67. The molecule has 0 aliphatic rings. The molecular formula is C21H20N3OS+. The molecule has 0 aliphatic carbocycles. The summed E-state index contributed by atoms with van der Waals surface area (Å²) in [5.41, 5.74) is 3.24. The minimum atomic E-state index is -0.0756. The third-order valence-corrected chi connectivity index (χ3v) is 5.28. The first-order valence-electron chi connectivity index (χ1n) is 8.78. The van der Waals surface area contributed by atoms with Crippen LogP contribution >= 0.6 is 11.3 Å². The Morgan fingerprint density at radius 3 is 2.62 bits per heavy atom. The summed E-state index contributed by atoms with van der Waals surface area (Å²) in [5.74, 6) is 0.678. The van der Waals surface area contributed by atoms with E-state index in [1.54, 1.807) is 0 Å². The SMILES string of the molecule is CCCc1cc[n+](Cc2nc3scc(-c4ccccc4)c3c(=O)[nH]2)cc1. The molecule has 4 nitrogen and oxygen atoms in total. The Morgan fingerprint density at radius 1 is 1.12 bits per heavy atom. The molecule has 0 fully saturated rings. The van der Waals surface area contributed by atoms with Crippen LogP contribution in [0.15, 0.2) is 65.0 Å². The summed E-state index contributed by atoms with van der Waals surface area (Å²) in [6.07, 6.45) is 6.30. The highest BCUT2D eigenvalue weighted by Gasteiger charge is 2.14. The zero-order chi connectivity index (χ0) is 17.9. The first-order chi connectivity index (χ1) is 12.7. The van der Waals surface area contributed by atoms with Crippen molar-refractivity contribution in [3.8, 4) is 11.1 Å². The summed E-state index contributed by atoms with van der Waals surface area (Å²) in [7, 11) is 0. The predicted octanol–water partition coefficient (Wildman–Crippen LogP) is 3.94. The molecule has 1 aromatic carbocycles. The highest BCUT2D eigenvalue weighted by atomic mass is 32.1. The van der Waals surface area contributed by atoms with Crippen LogP contribution in [-0.4, -0.2) is 9.97 Å². The van der Waals surface area contributed by atoms with Crippen LogP contribution in [-0.2, 0) is 13.0 Å². The fourth-order valence-corrected chi connectivity index (χ4v) is 4.09. The molecule has 0 atom stereocenters. The van der Waals surface area contributed by atoms with E-state index in [0.29, 0.717) is 17.8 Å². The number of aromatic amines is 1. The number of nitrogens with one attached hydrogen (secondary N) is 1. The molecule has 0 unspecified atom stereocenters. The lowest BCUT2D eigenvalue weighted by Gasteiger charge is -2.01. The molecule has 4 aromatic rings. The van der Waals surface area contributed by atoms with Crippen molar-refractivity contribution in [1.82, 2.24) is 9.97 Å². The summed E-state index contributed by atoms with van der Waals surface area (Å²) >= 11 is 1.52. The topological polar surface area (TPSA) is 49.6 Å². The van der Waals surface area contributed by atoms with Crippen LogP contribution in [0.1, 0.15) is 24.7 Å². The van der Waals surface area contributed by atoms with Crippen molar-refractivity contribution in [2.24, 2.45) is 0 Å². The largest absolute Gasteiger partial charge is 0.305 e. The molecule has 0 saturated heterocycles. The van der Waals surface area contributed by atoms with Crippen molar-refractivity contribution in [1.29, 1.82) is 0 Å². The van der Waals surface area contributed by atoms with Gasteiger partial charge in [0, 0.05) is 23.1 Å². The summed E-state index contributed by atoms with van der Waals surface area (Å²) in [5, 5.41) is 2.69. The van der Waals surface area contributed by atoms with Gasteiger partial charge in [0.25, 0.3) is 5.56 Å². The number of aryl methyl sites for hydroxylation is 1. The van der Waals surface area contributed by atoms with E-state index in [4.69, 9.17) is 0 Å². The third kappa shape index (κ3) is 3.30. The summed E-state index contributed by atoms with van der Waals surface area (Å²) in [4.78, 5) is 21.1. The van der Waals surface area contributed by atoms with Crippen molar-refractivity contribution < 1.29 is 4.57 Å². The number of nitrogens with zero attached hydrogens (tertiary/aromatic N) is 2. The lowest BCUT2D eigenvalue weighted by molar-refractivity contribution is -0.689. The van der Waals surface area contributed by atoms with Gasteiger partial charge in [-0.15, -0.1) is 11.3 Å². The molecule has 5 heteroatoms. The van der Waals surface area contributed by atoms with Crippen LogP contribution in [0.4, 0.5) is 0 Å². The standard InChI is InChI=1S/C21H19N3OS/c1-2-6-15-9-11-24(12-10-15)13-18-22-20(25)19-17(14-26-21(19)23-18)16-7-4-3-5-8-16/h3-5,7-12,14H,2,6,13H2,1H3/p+1. The van der Waals surface area contributed by atoms with E-state index in [9.17, 15) is 4.79 Å². The molecule has 1 N–H and O–H groups in total. The molecule has 0 amide bonds. The van der Waals surface area contributed by atoms with Gasteiger partial charge in [-0.3, -0.25) is 4.79 Å². The number of H-pyrrole nitrogens is 1. The molecule has 0 saturated carbocycles. The quantitative estimate of drug-likeness (QED) is 0.547. The van der Waals surface area contributed by atoms with Gasteiger partial charge in [0.15, 0.2) is 18.2 Å². The molecule has 3 heterocycles. The van der Waals surface area contributed by atoms with Crippen molar-refractivity contribution in [3.05, 3.63) is 82.0 Å². The monoisotopic (exact) mass is 362 g/mol. The maximum absolute atomic E-state index is 12.7. The summed E-state index contributed by atoms with van der Waals surface area (Å²) in [6.45, 7) is 2.73. The van der Waals surface area contributed by atoms with Gasteiger partial charge < -0.3 is 4.98 Å². The van der Waals surface area contributed by atoms with E-state index in [2.05, 4.69) is 29.0 Å². The van der Waals surface area contributed by atoms with Crippen molar-refractivity contribution in [3.63, 3.8) is 0 Å². The number of aromatic nitrogens is 3. The molecule has 0 radical (unpaired) electrons. The number of thiophene rings is 1. The van der Waals surface area contributed by atoms with Crippen LogP contribution < -0.4 is 10.1 Å². The van der Waals surface area contributed by atoms with Gasteiger partial charge in [-0.05, 0) is 17.5 Å². The summed E-state index contributed by atoms with van der Waals surface area (Å²) in [6, 6.07) is 14.2. The fraction of sp³-hybridized carbons (Fsp3) is 0.190. The van der Waals surface area contributed by atoms with Crippen molar-refractivity contribution >= 4 is 21.6 Å². The van der Waals surface area contributed by atoms with E-state index in [1.165, 1.54) is 16.9 Å². The Hall–Kier alpha value is -2.79. The minimum absolute atomic E-state index is 0.0756. The van der Waals surface area contributed by atoms with Gasteiger partial charge in [0.2, 0.25) is 6.54 Å². The van der Waals surface area contributed by atoms with E-state index in [0.717, 1.165) is 28.8 Å². The molecule has 26 heavy (non-hydrogen) atoms. The average Bonchev–Trinajstić information content (AvgIpc) is 3.09. The van der Waals surface area contributed by atoms with Gasteiger partial charge in [-0.2, -0.15) is 4.57 Å². The highest BCUT2D eigenvalue weighted by molar-refractivity contribution is 7.17. The molecule has 130 valence electrons. The lowest BCUT2D eigenvalue weighted by atomic mass is 10.1. The number of hydrogen-bond acceptors (Lipinski definition) is 3. The van der Waals surface area contributed by atoms with Crippen molar-refractivity contribution in [2.75, 3.05) is 0 Å². The number of hydrogen-bond donors (Lipinski definition) is 1. The van der Waals surface area contributed by atoms with Gasteiger partial charge in [-0.25, -0.2) is 4.98 Å². The number of rotatable bonds is 5. The van der Waals surface area contributed by atoms with E-state index >= 15 is 0 Å². The maximum Gasteiger partial charge on any atom is 0.260 e. The normalized spacial score (nSPS) is 11.1. The Morgan fingerprint density at radius 2 is 1.88 bits per heavy atom. The molecular weight excluding hydrogens is 342 g/mol. The van der Waals surface area contributed by atoms with Crippen molar-refractivity contribution in [2.45, 2.75) is 26.3 Å². The van der Waals surface area contributed by atoms with Gasteiger partial charge in [-0.1, -0.05) is 43.7 Å². The zero-order valence-corrected chi connectivity index (χ0v) is 15.4. The lowest BCUT2D eigenvalue weighted by Crippen LogP contribution is -2.35. The van der Waals surface area contributed by atoms with Gasteiger partial charge in [0.1, 0.15) is 4.83 Å². The third-order valence-electron chi connectivity index (χ3n) is 4.41. The second kappa shape index (κ2) is 7.22. The molecule has 0 bridgehead atoms. The van der Waals surface area contributed by atoms with Crippen LogP contribution in [0.2, 0.25) is 0 Å². The van der Waals surface area contributed by atoms with E-state index < -0.39 is 0 Å². The molecule has 3 aromatic heterocycles. The minimum Gasteiger partial charge on any atom is -0.305 e. The first-order valence-corrected chi connectivity index (χ1v) is 9.66. The van der Waals surface area contributed by atoms with Crippen LogP contribution in [0.5, 0.6) is 0 Å².